The van der Waals surface area contributed by atoms with Gasteiger partial charge in [-0.15, -0.1) is 0 Å². The van der Waals surface area contributed by atoms with Crippen molar-refractivity contribution in [2.75, 3.05) is 0 Å². The summed E-state index contributed by atoms with van der Waals surface area (Å²) < 4.78 is 1.75. The van der Waals surface area contributed by atoms with Gasteiger partial charge in [0.05, 0.1) is 0 Å². The van der Waals surface area contributed by atoms with Gasteiger partial charge in [0.1, 0.15) is 0 Å². The third kappa shape index (κ3) is 2.85. The highest BCUT2D eigenvalue weighted by molar-refractivity contribution is 9.11. The molecule has 0 aliphatic rings. The SMILES string of the molecule is Cc1ccc(C(=O)c2ccc(Br)cc2Br)cc1. The van der Waals surface area contributed by atoms with Crippen LogP contribution in [-0.4, -0.2) is 5.78 Å². The van der Waals surface area contributed by atoms with Gasteiger partial charge in [-0.25, -0.2) is 0 Å². The Bertz CT molecular complexity index is 559. The van der Waals surface area contributed by atoms with E-state index in [1.54, 1.807) is 0 Å². The molecule has 0 aliphatic carbocycles. The van der Waals surface area contributed by atoms with Gasteiger partial charge in [-0.1, -0.05) is 45.8 Å². The summed E-state index contributed by atoms with van der Waals surface area (Å²) in [5, 5.41) is 0. The summed E-state index contributed by atoms with van der Waals surface area (Å²) in [5.41, 5.74) is 2.53. The molecule has 86 valence electrons. The van der Waals surface area contributed by atoms with Crippen LogP contribution in [-0.2, 0) is 0 Å². The Labute approximate surface area is 117 Å². The van der Waals surface area contributed by atoms with Crippen molar-refractivity contribution in [2.24, 2.45) is 0 Å². The molecule has 0 saturated carbocycles. The van der Waals surface area contributed by atoms with Crippen molar-refractivity contribution >= 4 is 37.6 Å². The predicted molar refractivity (Wildman–Crippen MR) is 76.5 cm³/mol. The predicted octanol–water partition coefficient (Wildman–Crippen LogP) is 4.75. The maximum Gasteiger partial charge on any atom is 0.194 e. The molecule has 3 heteroatoms. The standard InChI is InChI=1S/C14H10Br2O/c1-9-2-4-10(5-3-9)14(17)12-7-6-11(15)8-13(12)16/h2-8H,1H3. The fraction of sp³-hybridized carbons (Fsp3) is 0.0714. The van der Waals surface area contributed by atoms with Gasteiger partial charge in [-0.05, 0) is 41.1 Å². The number of carbonyl (C=O) groups excluding carboxylic acids is 1. The van der Waals surface area contributed by atoms with Crippen molar-refractivity contribution < 1.29 is 4.79 Å². The van der Waals surface area contributed by atoms with Crippen LogP contribution in [0.25, 0.3) is 0 Å². The first kappa shape index (κ1) is 12.5. The van der Waals surface area contributed by atoms with Crippen molar-refractivity contribution in [1.29, 1.82) is 0 Å². The maximum atomic E-state index is 12.2. The minimum atomic E-state index is 0.0318. The molecule has 0 radical (unpaired) electrons. The smallest absolute Gasteiger partial charge is 0.194 e. The number of hydrogen-bond acceptors (Lipinski definition) is 1. The van der Waals surface area contributed by atoms with Crippen LogP contribution < -0.4 is 0 Å². The molecule has 0 unspecified atom stereocenters. The first-order chi connectivity index (χ1) is 8.08. The van der Waals surface area contributed by atoms with Crippen molar-refractivity contribution in [2.45, 2.75) is 6.92 Å². The van der Waals surface area contributed by atoms with Crippen LogP contribution in [0.3, 0.4) is 0 Å². The van der Waals surface area contributed by atoms with Gasteiger partial charge in [0.25, 0.3) is 0 Å². The lowest BCUT2D eigenvalue weighted by Gasteiger charge is -2.04. The molecule has 0 saturated heterocycles. The molecule has 2 aromatic carbocycles. The van der Waals surface area contributed by atoms with Crippen LogP contribution in [0.4, 0.5) is 0 Å². The highest BCUT2D eigenvalue weighted by Gasteiger charge is 2.12. The van der Waals surface area contributed by atoms with Crippen LogP contribution in [0.2, 0.25) is 0 Å². The molecule has 0 heterocycles. The summed E-state index contributed by atoms with van der Waals surface area (Å²) in [5.74, 6) is 0.0318. The van der Waals surface area contributed by atoms with E-state index in [4.69, 9.17) is 0 Å². The third-order valence-corrected chi connectivity index (χ3v) is 3.64. The van der Waals surface area contributed by atoms with E-state index >= 15 is 0 Å². The number of halogens is 2. The minimum absolute atomic E-state index is 0.0318. The monoisotopic (exact) mass is 352 g/mol. The van der Waals surface area contributed by atoms with E-state index in [1.807, 2.05) is 49.4 Å². The Morgan fingerprint density at radius 3 is 2.24 bits per heavy atom. The fourth-order valence-corrected chi connectivity index (χ4v) is 2.76. The molecule has 0 fully saturated rings. The maximum absolute atomic E-state index is 12.2. The van der Waals surface area contributed by atoms with Gasteiger partial charge in [0.2, 0.25) is 0 Å². The van der Waals surface area contributed by atoms with E-state index in [2.05, 4.69) is 31.9 Å². The number of rotatable bonds is 2. The van der Waals surface area contributed by atoms with Crippen LogP contribution >= 0.6 is 31.9 Å². The highest BCUT2D eigenvalue weighted by atomic mass is 79.9. The molecule has 0 spiro atoms. The zero-order valence-electron chi connectivity index (χ0n) is 9.21. The zero-order valence-corrected chi connectivity index (χ0v) is 12.4. The lowest BCUT2D eigenvalue weighted by molar-refractivity contribution is 0.103. The Hall–Kier alpha value is -0.930. The fourth-order valence-electron chi connectivity index (χ4n) is 1.53. The first-order valence-electron chi connectivity index (χ1n) is 5.14. The van der Waals surface area contributed by atoms with E-state index in [0.717, 1.165) is 14.5 Å². The Morgan fingerprint density at radius 1 is 1.00 bits per heavy atom. The number of benzene rings is 2. The van der Waals surface area contributed by atoms with Gasteiger partial charge in [-0.3, -0.25) is 4.79 Å². The van der Waals surface area contributed by atoms with Crippen molar-refractivity contribution in [3.05, 3.63) is 68.1 Å². The summed E-state index contributed by atoms with van der Waals surface area (Å²) >= 11 is 6.78. The van der Waals surface area contributed by atoms with E-state index < -0.39 is 0 Å². The number of aryl methyl sites for hydroxylation is 1. The lowest BCUT2D eigenvalue weighted by Crippen LogP contribution is -2.02. The molecule has 0 amide bonds. The van der Waals surface area contributed by atoms with Gasteiger partial charge in [0.15, 0.2) is 5.78 Å². The Balaban J connectivity index is 2.40. The average Bonchev–Trinajstić information content (AvgIpc) is 2.29. The van der Waals surface area contributed by atoms with Gasteiger partial charge in [0, 0.05) is 20.1 Å². The zero-order chi connectivity index (χ0) is 12.4. The van der Waals surface area contributed by atoms with E-state index in [0.29, 0.717) is 11.1 Å². The summed E-state index contributed by atoms with van der Waals surface area (Å²) in [7, 11) is 0. The molecule has 2 rings (SSSR count). The van der Waals surface area contributed by atoms with Crippen molar-refractivity contribution in [3.8, 4) is 0 Å². The highest BCUT2D eigenvalue weighted by Crippen LogP contribution is 2.24. The Kier molecular flexibility index (Phi) is 3.79. The number of carbonyl (C=O) groups is 1. The summed E-state index contributed by atoms with van der Waals surface area (Å²) in [6.45, 7) is 2.00. The van der Waals surface area contributed by atoms with E-state index in [9.17, 15) is 4.79 Å². The molecular weight excluding hydrogens is 344 g/mol. The van der Waals surface area contributed by atoms with E-state index in [1.165, 1.54) is 0 Å². The van der Waals surface area contributed by atoms with Crippen LogP contribution in [0.1, 0.15) is 21.5 Å². The first-order valence-corrected chi connectivity index (χ1v) is 6.73. The summed E-state index contributed by atoms with van der Waals surface area (Å²) in [6.07, 6.45) is 0. The molecule has 0 atom stereocenters. The normalized spacial score (nSPS) is 10.3. The van der Waals surface area contributed by atoms with Gasteiger partial charge in [-0.2, -0.15) is 0 Å². The molecule has 0 aromatic heterocycles. The molecule has 17 heavy (non-hydrogen) atoms. The topological polar surface area (TPSA) is 17.1 Å². The average molecular weight is 354 g/mol. The molecule has 2 aromatic rings. The summed E-state index contributed by atoms with van der Waals surface area (Å²) in [4.78, 5) is 12.2. The quantitative estimate of drug-likeness (QED) is 0.712. The second-order valence-electron chi connectivity index (χ2n) is 3.82. The van der Waals surface area contributed by atoms with Crippen LogP contribution in [0, 0.1) is 6.92 Å². The van der Waals surface area contributed by atoms with Crippen LogP contribution in [0.5, 0.6) is 0 Å². The molecule has 0 aliphatic heterocycles. The largest absolute Gasteiger partial charge is 0.289 e. The van der Waals surface area contributed by atoms with Crippen LogP contribution in [0.15, 0.2) is 51.4 Å². The second-order valence-corrected chi connectivity index (χ2v) is 5.59. The third-order valence-electron chi connectivity index (χ3n) is 2.49. The van der Waals surface area contributed by atoms with Crippen molar-refractivity contribution in [3.63, 3.8) is 0 Å². The number of ketones is 1. The molecule has 0 bridgehead atoms. The minimum Gasteiger partial charge on any atom is -0.289 e. The number of hydrogen-bond donors (Lipinski definition) is 0. The molecule has 1 nitrogen and oxygen atoms in total. The molecular formula is C14H10Br2O. The van der Waals surface area contributed by atoms with Crippen molar-refractivity contribution in [1.82, 2.24) is 0 Å². The second kappa shape index (κ2) is 5.15. The van der Waals surface area contributed by atoms with Gasteiger partial charge < -0.3 is 0 Å². The molecule has 0 N–H and O–H groups in total. The Morgan fingerprint density at radius 2 is 1.65 bits per heavy atom. The van der Waals surface area contributed by atoms with Gasteiger partial charge >= 0.3 is 0 Å². The van der Waals surface area contributed by atoms with E-state index in [-0.39, 0.29) is 5.78 Å². The lowest BCUT2D eigenvalue weighted by atomic mass is 10.0. The summed E-state index contributed by atoms with van der Waals surface area (Å²) in [6, 6.07) is 13.2.